The lowest BCUT2D eigenvalue weighted by atomic mass is 10.2. The zero-order valence-electron chi connectivity index (χ0n) is 11.2. The Hall–Kier alpha value is -1.55. The number of likely N-dealkylation sites (N-methyl/N-ethyl adjacent to an activating group) is 1. The van der Waals surface area contributed by atoms with Crippen molar-refractivity contribution in [1.82, 2.24) is 9.91 Å². The second kappa shape index (κ2) is 6.40. The number of rotatable bonds is 4. The van der Waals surface area contributed by atoms with Gasteiger partial charge in [0.2, 0.25) is 0 Å². The van der Waals surface area contributed by atoms with Crippen molar-refractivity contribution < 1.29 is 4.74 Å². The Morgan fingerprint density at radius 3 is 2.44 bits per heavy atom. The molecule has 1 aromatic rings. The minimum absolute atomic E-state index is 0.703. The highest BCUT2D eigenvalue weighted by Gasteiger charge is 2.10. The van der Waals surface area contributed by atoms with Crippen molar-refractivity contribution in [2.45, 2.75) is 6.92 Å². The van der Waals surface area contributed by atoms with Gasteiger partial charge < -0.3 is 9.64 Å². The summed E-state index contributed by atoms with van der Waals surface area (Å²) >= 11 is 0. The van der Waals surface area contributed by atoms with Gasteiger partial charge in [0.05, 0.1) is 12.8 Å². The summed E-state index contributed by atoms with van der Waals surface area (Å²) in [5.41, 5.74) is 1.11. The van der Waals surface area contributed by atoms with Crippen LogP contribution in [0.2, 0.25) is 0 Å². The van der Waals surface area contributed by atoms with Gasteiger partial charge in [-0.1, -0.05) is 0 Å². The van der Waals surface area contributed by atoms with Crippen LogP contribution in [0.15, 0.2) is 29.4 Å². The first-order valence-electron chi connectivity index (χ1n) is 6.48. The first-order valence-corrected chi connectivity index (χ1v) is 6.48. The molecule has 1 aromatic carbocycles. The zero-order chi connectivity index (χ0) is 12.8. The van der Waals surface area contributed by atoms with E-state index in [9.17, 15) is 0 Å². The summed E-state index contributed by atoms with van der Waals surface area (Å²) in [5.74, 6) is 0.911. The summed E-state index contributed by atoms with van der Waals surface area (Å²) < 4.78 is 5.41. The van der Waals surface area contributed by atoms with Gasteiger partial charge in [0.1, 0.15) is 5.75 Å². The first kappa shape index (κ1) is 12.9. The molecule has 0 N–H and O–H groups in total. The number of hydrogen-bond donors (Lipinski definition) is 0. The summed E-state index contributed by atoms with van der Waals surface area (Å²) in [7, 11) is 2.15. The average Bonchev–Trinajstić information content (AvgIpc) is 2.40. The van der Waals surface area contributed by atoms with E-state index in [2.05, 4.69) is 22.1 Å². The number of hydrazone groups is 1. The summed E-state index contributed by atoms with van der Waals surface area (Å²) in [6, 6.07) is 8.03. The lowest BCUT2D eigenvalue weighted by Gasteiger charge is -2.30. The molecule has 1 heterocycles. The molecule has 98 valence electrons. The Balaban J connectivity index is 1.88. The minimum atomic E-state index is 0.703. The Morgan fingerprint density at radius 2 is 1.83 bits per heavy atom. The highest BCUT2D eigenvalue weighted by Crippen LogP contribution is 2.11. The van der Waals surface area contributed by atoms with Gasteiger partial charge in [-0.3, -0.25) is 5.01 Å². The van der Waals surface area contributed by atoms with E-state index in [4.69, 9.17) is 4.74 Å². The molecule has 0 unspecified atom stereocenters. The van der Waals surface area contributed by atoms with Crippen LogP contribution in [0.1, 0.15) is 12.5 Å². The van der Waals surface area contributed by atoms with Gasteiger partial charge in [0.25, 0.3) is 0 Å². The SMILES string of the molecule is CCOc1ccc(/C=N\N2CCN(C)CC2)cc1. The molecule has 0 aromatic heterocycles. The molecular weight excluding hydrogens is 226 g/mol. The average molecular weight is 247 g/mol. The van der Waals surface area contributed by atoms with Gasteiger partial charge in [-0.05, 0) is 43.8 Å². The molecule has 0 aliphatic carbocycles. The molecule has 1 fully saturated rings. The van der Waals surface area contributed by atoms with Crippen LogP contribution in [0, 0.1) is 0 Å². The van der Waals surface area contributed by atoms with Crippen LogP contribution in [0.5, 0.6) is 5.75 Å². The second-order valence-electron chi connectivity index (χ2n) is 4.50. The smallest absolute Gasteiger partial charge is 0.119 e. The fourth-order valence-electron chi connectivity index (χ4n) is 1.88. The number of nitrogens with zero attached hydrogens (tertiary/aromatic N) is 3. The monoisotopic (exact) mass is 247 g/mol. The van der Waals surface area contributed by atoms with E-state index in [1.165, 1.54) is 0 Å². The van der Waals surface area contributed by atoms with Gasteiger partial charge in [0.15, 0.2) is 0 Å². The molecular formula is C14H21N3O. The number of hydrogen-bond acceptors (Lipinski definition) is 4. The lowest BCUT2D eigenvalue weighted by molar-refractivity contribution is 0.159. The van der Waals surface area contributed by atoms with E-state index in [1.54, 1.807) is 0 Å². The Morgan fingerprint density at radius 1 is 1.17 bits per heavy atom. The predicted molar refractivity (Wildman–Crippen MR) is 74.3 cm³/mol. The molecule has 0 amide bonds. The topological polar surface area (TPSA) is 28.1 Å². The van der Waals surface area contributed by atoms with Crippen molar-refractivity contribution in [3.63, 3.8) is 0 Å². The third kappa shape index (κ3) is 3.74. The van der Waals surface area contributed by atoms with Gasteiger partial charge in [-0.25, -0.2) is 0 Å². The Kier molecular flexibility index (Phi) is 4.59. The van der Waals surface area contributed by atoms with Gasteiger partial charge in [-0.15, -0.1) is 0 Å². The van der Waals surface area contributed by atoms with E-state index in [0.29, 0.717) is 6.61 Å². The maximum Gasteiger partial charge on any atom is 0.119 e. The van der Waals surface area contributed by atoms with Crippen molar-refractivity contribution in [1.29, 1.82) is 0 Å². The quantitative estimate of drug-likeness (QED) is 0.758. The van der Waals surface area contributed by atoms with Gasteiger partial charge in [0, 0.05) is 26.2 Å². The van der Waals surface area contributed by atoms with E-state index in [-0.39, 0.29) is 0 Å². The molecule has 4 nitrogen and oxygen atoms in total. The maximum atomic E-state index is 5.41. The number of piperazine rings is 1. The van der Waals surface area contributed by atoms with Crippen LogP contribution in [-0.2, 0) is 0 Å². The standard InChI is InChI=1S/C14H21N3O/c1-3-18-14-6-4-13(5-7-14)12-15-17-10-8-16(2)9-11-17/h4-7,12H,3,8-11H2,1-2H3/b15-12-. The van der Waals surface area contributed by atoms with Crippen LogP contribution in [-0.4, -0.2) is 56.0 Å². The minimum Gasteiger partial charge on any atom is -0.494 e. The molecule has 0 atom stereocenters. The van der Waals surface area contributed by atoms with Crippen LogP contribution in [0.25, 0.3) is 0 Å². The van der Waals surface area contributed by atoms with E-state index >= 15 is 0 Å². The molecule has 0 radical (unpaired) electrons. The molecule has 0 saturated carbocycles. The molecule has 0 bridgehead atoms. The Labute approximate surface area is 109 Å². The van der Waals surface area contributed by atoms with E-state index in [0.717, 1.165) is 37.5 Å². The first-order chi connectivity index (χ1) is 8.78. The largest absolute Gasteiger partial charge is 0.494 e. The van der Waals surface area contributed by atoms with Crippen LogP contribution < -0.4 is 4.74 Å². The summed E-state index contributed by atoms with van der Waals surface area (Å²) in [6.07, 6.45) is 1.92. The number of ether oxygens (including phenoxy) is 1. The van der Waals surface area contributed by atoms with Gasteiger partial charge in [-0.2, -0.15) is 5.10 Å². The van der Waals surface area contributed by atoms with E-state index < -0.39 is 0 Å². The molecule has 1 aliphatic rings. The van der Waals surface area contributed by atoms with Crippen molar-refractivity contribution in [3.05, 3.63) is 29.8 Å². The molecule has 4 heteroatoms. The summed E-state index contributed by atoms with van der Waals surface area (Å²) in [5, 5.41) is 6.63. The summed E-state index contributed by atoms with van der Waals surface area (Å²) in [6.45, 7) is 6.87. The van der Waals surface area contributed by atoms with Crippen LogP contribution in [0.4, 0.5) is 0 Å². The third-order valence-corrected chi connectivity index (χ3v) is 3.04. The lowest BCUT2D eigenvalue weighted by Crippen LogP contribution is -2.41. The number of benzene rings is 1. The van der Waals surface area contributed by atoms with Crippen molar-refractivity contribution in [2.75, 3.05) is 39.8 Å². The second-order valence-corrected chi connectivity index (χ2v) is 4.50. The summed E-state index contributed by atoms with van der Waals surface area (Å²) in [4.78, 5) is 2.32. The van der Waals surface area contributed by atoms with E-state index in [1.807, 2.05) is 37.4 Å². The van der Waals surface area contributed by atoms with Crippen LogP contribution >= 0.6 is 0 Å². The fraction of sp³-hybridized carbons (Fsp3) is 0.500. The maximum absolute atomic E-state index is 5.41. The van der Waals surface area contributed by atoms with Crippen molar-refractivity contribution >= 4 is 6.21 Å². The van der Waals surface area contributed by atoms with Crippen molar-refractivity contribution in [3.8, 4) is 5.75 Å². The molecule has 18 heavy (non-hydrogen) atoms. The van der Waals surface area contributed by atoms with Gasteiger partial charge >= 0.3 is 0 Å². The fourth-order valence-corrected chi connectivity index (χ4v) is 1.88. The highest BCUT2D eigenvalue weighted by molar-refractivity contribution is 5.79. The Bertz CT molecular complexity index is 381. The third-order valence-electron chi connectivity index (χ3n) is 3.04. The molecule has 1 saturated heterocycles. The molecule has 2 rings (SSSR count). The van der Waals surface area contributed by atoms with Crippen LogP contribution in [0.3, 0.4) is 0 Å². The highest BCUT2D eigenvalue weighted by atomic mass is 16.5. The normalized spacial score (nSPS) is 17.3. The molecule has 0 spiro atoms. The van der Waals surface area contributed by atoms with Crippen molar-refractivity contribution in [2.24, 2.45) is 5.10 Å². The predicted octanol–water partition coefficient (Wildman–Crippen LogP) is 1.67. The molecule has 1 aliphatic heterocycles. The zero-order valence-corrected chi connectivity index (χ0v) is 11.2.